The monoisotopic (exact) mass is 355 g/mol. The minimum Gasteiger partial charge on any atom is -0.455 e. The highest BCUT2D eigenvalue weighted by Gasteiger charge is 2.20. The number of ketones is 1. The quantitative estimate of drug-likeness (QED) is 0.393. The zero-order valence-corrected chi connectivity index (χ0v) is 15.5. The van der Waals surface area contributed by atoms with E-state index in [1.807, 2.05) is 50.2 Å². The van der Waals surface area contributed by atoms with Crippen LogP contribution in [0.15, 0.2) is 49.1 Å². The molecule has 1 aromatic carbocycles. The molecule has 5 heteroatoms. The molecule has 0 spiro atoms. The predicted octanol–water partition coefficient (Wildman–Crippen LogP) is 3.47. The number of Topliss-reactive ketones (excluding diaryl/α,β-unsaturated/α-hetero) is 1. The van der Waals surface area contributed by atoms with Crippen molar-refractivity contribution in [1.82, 2.24) is 4.57 Å². The Morgan fingerprint density at radius 1 is 1.23 bits per heavy atom. The van der Waals surface area contributed by atoms with E-state index in [1.165, 1.54) is 0 Å². The van der Waals surface area contributed by atoms with Crippen molar-refractivity contribution in [3.63, 3.8) is 0 Å². The number of esters is 1. The lowest BCUT2D eigenvalue weighted by atomic mass is 10.1. The lowest BCUT2D eigenvalue weighted by molar-refractivity contribution is -0.154. The summed E-state index contributed by atoms with van der Waals surface area (Å²) in [5.74, 6) is -0.778. The molecule has 1 atom stereocenters. The molecular formula is C21H25NO4. The summed E-state index contributed by atoms with van der Waals surface area (Å²) < 4.78 is 12.4. The SMILES string of the molecule is C=CCOC(C)C(=O)OCC(=O)c1cc(C)n(Cc2ccccc2)c1C. The summed E-state index contributed by atoms with van der Waals surface area (Å²) in [7, 11) is 0. The number of carbonyl (C=O) groups is 2. The summed E-state index contributed by atoms with van der Waals surface area (Å²) in [6.45, 7) is 9.63. The Labute approximate surface area is 154 Å². The average molecular weight is 355 g/mol. The van der Waals surface area contributed by atoms with Crippen molar-refractivity contribution < 1.29 is 19.1 Å². The molecule has 1 heterocycles. The molecule has 0 saturated carbocycles. The van der Waals surface area contributed by atoms with Crippen LogP contribution in [0.3, 0.4) is 0 Å². The Bertz CT molecular complexity index is 777. The fraction of sp³-hybridized carbons (Fsp3) is 0.333. The number of rotatable bonds is 9. The van der Waals surface area contributed by atoms with E-state index in [1.54, 1.807) is 13.0 Å². The Hall–Kier alpha value is -2.66. The van der Waals surface area contributed by atoms with Gasteiger partial charge in [0.15, 0.2) is 12.7 Å². The number of nitrogens with zero attached hydrogens (tertiary/aromatic N) is 1. The van der Waals surface area contributed by atoms with Crippen LogP contribution in [-0.4, -0.2) is 35.6 Å². The van der Waals surface area contributed by atoms with Crippen LogP contribution in [0, 0.1) is 13.8 Å². The van der Waals surface area contributed by atoms with Gasteiger partial charge >= 0.3 is 5.97 Å². The fourth-order valence-electron chi connectivity index (χ4n) is 2.70. The molecule has 0 N–H and O–H groups in total. The molecule has 0 amide bonds. The lowest BCUT2D eigenvalue weighted by Gasteiger charge is -2.11. The van der Waals surface area contributed by atoms with E-state index in [9.17, 15) is 9.59 Å². The molecule has 0 aliphatic carbocycles. The number of ether oxygens (including phenoxy) is 2. The largest absolute Gasteiger partial charge is 0.455 e. The third kappa shape index (κ3) is 4.92. The standard InChI is InChI=1S/C21H25NO4/c1-5-11-25-17(4)21(24)26-14-20(23)19-12-15(2)22(16(19)3)13-18-9-7-6-8-10-18/h5-10,12,17H,1,11,13-14H2,2-4H3. The van der Waals surface area contributed by atoms with Gasteiger partial charge in [0.2, 0.25) is 5.78 Å². The van der Waals surface area contributed by atoms with Gasteiger partial charge in [0.25, 0.3) is 0 Å². The minimum atomic E-state index is -0.730. The highest BCUT2D eigenvalue weighted by atomic mass is 16.6. The molecule has 0 aliphatic rings. The van der Waals surface area contributed by atoms with Crippen LogP contribution < -0.4 is 0 Å². The van der Waals surface area contributed by atoms with Gasteiger partial charge in [0.1, 0.15) is 0 Å². The predicted molar refractivity (Wildman–Crippen MR) is 100 cm³/mol. The molecule has 0 fully saturated rings. The van der Waals surface area contributed by atoms with Gasteiger partial charge in [-0.2, -0.15) is 0 Å². The Morgan fingerprint density at radius 2 is 1.92 bits per heavy atom. The zero-order valence-electron chi connectivity index (χ0n) is 15.5. The van der Waals surface area contributed by atoms with Gasteiger partial charge in [0.05, 0.1) is 6.61 Å². The van der Waals surface area contributed by atoms with E-state index in [4.69, 9.17) is 9.47 Å². The molecule has 2 rings (SSSR count). The van der Waals surface area contributed by atoms with Crippen molar-refractivity contribution in [2.45, 2.75) is 33.4 Å². The van der Waals surface area contributed by atoms with E-state index in [-0.39, 0.29) is 19.0 Å². The molecule has 1 unspecified atom stereocenters. The van der Waals surface area contributed by atoms with E-state index >= 15 is 0 Å². The summed E-state index contributed by atoms with van der Waals surface area (Å²) in [4.78, 5) is 24.3. The van der Waals surface area contributed by atoms with Crippen LogP contribution in [-0.2, 0) is 20.8 Å². The minimum absolute atomic E-state index is 0.221. The first-order valence-electron chi connectivity index (χ1n) is 8.57. The van der Waals surface area contributed by atoms with E-state index < -0.39 is 12.1 Å². The van der Waals surface area contributed by atoms with Crippen LogP contribution >= 0.6 is 0 Å². The number of hydrogen-bond acceptors (Lipinski definition) is 4. The number of benzene rings is 1. The average Bonchev–Trinajstić information content (AvgIpc) is 2.93. The van der Waals surface area contributed by atoms with Crippen LogP contribution in [0.25, 0.3) is 0 Å². The summed E-state index contributed by atoms with van der Waals surface area (Å²) in [5.41, 5.74) is 3.59. The molecule has 5 nitrogen and oxygen atoms in total. The van der Waals surface area contributed by atoms with Crippen LogP contribution in [0.4, 0.5) is 0 Å². The second-order valence-electron chi connectivity index (χ2n) is 6.15. The van der Waals surface area contributed by atoms with Crippen LogP contribution in [0.5, 0.6) is 0 Å². The summed E-state index contributed by atoms with van der Waals surface area (Å²) in [6, 6.07) is 11.9. The van der Waals surface area contributed by atoms with Crippen molar-refractivity contribution >= 4 is 11.8 Å². The van der Waals surface area contributed by atoms with Gasteiger partial charge in [-0.3, -0.25) is 4.79 Å². The molecule has 1 aromatic heterocycles. The van der Waals surface area contributed by atoms with Crippen molar-refractivity contribution in [2.75, 3.05) is 13.2 Å². The third-order valence-electron chi connectivity index (χ3n) is 4.20. The fourth-order valence-corrected chi connectivity index (χ4v) is 2.70. The molecule has 0 saturated heterocycles. The second kappa shape index (κ2) is 9.15. The lowest BCUT2D eigenvalue weighted by Crippen LogP contribution is -2.26. The molecule has 138 valence electrons. The Kier molecular flexibility index (Phi) is 6.92. The first-order chi connectivity index (χ1) is 12.4. The van der Waals surface area contributed by atoms with Gasteiger partial charge in [-0.05, 0) is 32.4 Å². The van der Waals surface area contributed by atoms with Gasteiger partial charge in [-0.1, -0.05) is 36.4 Å². The van der Waals surface area contributed by atoms with Crippen LogP contribution in [0.1, 0.15) is 34.2 Å². The van der Waals surface area contributed by atoms with Crippen molar-refractivity contribution in [2.24, 2.45) is 0 Å². The first kappa shape index (κ1) is 19.7. The summed E-state index contributed by atoms with van der Waals surface area (Å²) >= 11 is 0. The molecule has 2 aromatic rings. The molecule has 26 heavy (non-hydrogen) atoms. The van der Waals surface area contributed by atoms with Gasteiger partial charge in [-0.15, -0.1) is 6.58 Å². The Balaban J connectivity index is 2.02. The maximum absolute atomic E-state index is 12.5. The van der Waals surface area contributed by atoms with Crippen molar-refractivity contribution in [3.05, 3.63) is 71.6 Å². The van der Waals surface area contributed by atoms with Crippen molar-refractivity contribution in [1.29, 1.82) is 0 Å². The second-order valence-corrected chi connectivity index (χ2v) is 6.15. The van der Waals surface area contributed by atoms with Gasteiger partial charge in [0, 0.05) is 23.5 Å². The first-order valence-corrected chi connectivity index (χ1v) is 8.57. The molecule has 0 radical (unpaired) electrons. The molecule has 0 aliphatic heterocycles. The number of hydrogen-bond donors (Lipinski definition) is 0. The van der Waals surface area contributed by atoms with E-state index in [2.05, 4.69) is 11.1 Å². The van der Waals surface area contributed by atoms with Crippen LogP contribution in [0.2, 0.25) is 0 Å². The third-order valence-corrected chi connectivity index (χ3v) is 4.20. The smallest absolute Gasteiger partial charge is 0.335 e. The summed E-state index contributed by atoms with van der Waals surface area (Å²) in [6.07, 6.45) is 0.822. The number of carbonyl (C=O) groups excluding carboxylic acids is 2. The van der Waals surface area contributed by atoms with E-state index in [0.29, 0.717) is 12.1 Å². The molecular weight excluding hydrogens is 330 g/mol. The maximum Gasteiger partial charge on any atom is 0.335 e. The number of aromatic nitrogens is 1. The number of aryl methyl sites for hydroxylation is 1. The normalized spacial score (nSPS) is 11.8. The highest BCUT2D eigenvalue weighted by molar-refractivity contribution is 5.99. The van der Waals surface area contributed by atoms with Crippen molar-refractivity contribution in [3.8, 4) is 0 Å². The highest BCUT2D eigenvalue weighted by Crippen LogP contribution is 2.18. The topological polar surface area (TPSA) is 57.5 Å². The maximum atomic E-state index is 12.5. The summed E-state index contributed by atoms with van der Waals surface area (Å²) in [5, 5.41) is 0. The van der Waals surface area contributed by atoms with E-state index in [0.717, 1.165) is 17.0 Å². The van der Waals surface area contributed by atoms with Gasteiger partial charge < -0.3 is 14.0 Å². The zero-order chi connectivity index (χ0) is 19.1. The molecule has 0 bridgehead atoms. The van der Waals surface area contributed by atoms with Gasteiger partial charge in [-0.25, -0.2) is 4.79 Å². The Morgan fingerprint density at radius 3 is 2.58 bits per heavy atom.